The molecule has 0 saturated carbocycles. The molecule has 2 N–H and O–H groups in total. The van der Waals surface area contributed by atoms with E-state index in [0.717, 1.165) is 12.4 Å². The summed E-state index contributed by atoms with van der Waals surface area (Å²) < 4.78 is 6.72. The molecule has 7 heteroatoms. The van der Waals surface area contributed by atoms with Crippen LogP contribution in [-0.4, -0.2) is 33.1 Å². The maximum Gasteiger partial charge on any atom is 0.316 e. The first kappa shape index (κ1) is 13.0. The molecule has 0 spiro atoms. The summed E-state index contributed by atoms with van der Waals surface area (Å²) in [5, 5.41) is 8.63. The third kappa shape index (κ3) is 3.21. The second-order valence-corrected chi connectivity index (χ2v) is 3.88. The minimum atomic E-state index is -0.243. The van der Waals surface area contributed by atoms with E-state index >= 15 is 0 Å². The van der Waals surface area contributed by atoms with Gasteiger partial charge in [-0.05, 0) is 13.8 Å². The lowest BCUT2D eigenvalue weighted by Gasteiger charge is -2.05. The molecule has 1 rings (SSSR count). The Kier molecular flexibility index (Phi) is 5.27. The number of hydrogen-bond donors (Lipinski definition) is 1. The molecular weight excluding hydrogens is 228 g/mol. The lowest BCUT2D eigenvalue weighted by atomic mass is 10.6. The Balaban J connectivity index is 2.59. The highest BCUT2D eigenvalue weighted by molar-refractivity contribution is 7.99. The third-order valence-electron chi connectivity index (χ3n) is 1.92. The van der Waals surface area contributed by atoms with Crippen molar-refractivity contribution in [2.75, 3.05) is 12.4 Å². The lowest BCUT2D eigenvalue weighted by molar-refractivity contribution is -0.139. The van der Waals surface area contributed by atoms with E-state index in [1.807, 2.05) is 11.5 Å². The van der Waals surface area contributed by atoms with Crippen LogP contribution >= 0.6 is 11.8 Å². The Labute approximate surface area is 98.6 Å². The first-order valence-electron chi connectivity index (χ1n) is 5.13. The van der Waals surface area contributed by atoms with Gasteiger partial charge in [0.05, 0.1) is 18.9 Å². The van der Waals surface area contributed by atoms with Crippen LogP contribution in [0, 0.1) is 0 Å². The van der Waals surface area contributed by atoms with Crippen LogP contribution in [0.15, 0.2) is 5.16 Å². The molecule has 0 fully saturated rings. The van der Waals surface area contributed by atoms with Crippen LogP contribution in [0.4, 0.5) is 0 Å². The number of hydrogen-bond acceptors (Lipinski definition) is 6. The van der Waals surface area contributed by atoms with E-state index in [1.54, 1.807) is 6.92 Å². The number of rotatable bonds is 6. The molecule has 0 atom stereocenters. The zero-order valence-corrected chi connectivity index (χ0v) is 10.3. The molecule has 0 saturated heterocycles. The topological polar surface area (TPSA) is 83.0 Å². The zero-order chi connectivity index (χ0) is 12.0. The zero-order valence-electron chi connectivity index (χ0n) is 9.47. The maximum absolute atomic E-state index is 11.2. The SMILES string of the molecule is CCOC(=O)CSc1nnc(CN)n1CC. The van der Waals surface area contributed by atoms with Crippen LogP contribution in [0.2, 0.25) is 0 Å². The highest BCUT2D eigenvalue weighted by Gasteiger charge is 2.12. The number of ether oxygens (including phenoxy) is 1. The molecule has 0 radical (unpaired) electrons. The van der Waals surface area contributed by atoms with E-state index in [1.165, 1.54) is 11.8 Å². The summed E-state index contributed by atoms with van der Waals surface area (Å²) in [5.41, 5.74) is 5.52. The number of carbonyl (C=O) groups excluding carboxylic acids is 1. The van der Waals surface area contributed by atoms with Crippen LogP contribution in [0.1, 0.15) is 19.7 Å². The Morgan fingerprint density at radius 3 is 2.81 bits per heavy atom. The van der Waals surface area contributed by atoms with E-state index in [-0.39, 0.29) is 11.7 Å². The Morgan fingerprint density at radius 1 is 1.50 bits per heavy atom. The van der Waals surface area contributed by atoms with E-state index in [9.17, 15) is 4.79 Å². The molecule has 0 aliphatic carbocycles. The van der Waals surface area contributed by atoms with Gasteiger partial charge < -0.3 is 15.0 Å². The van der Waals surface area contributed by atoms with Crippen LogP contribution in [0.3, 0.4) is 0 Å². The van der Waals surface area contributed by atoms with Crippen molar-refractivity contribution in [3.63, 3.8) is 0 Å². The first-order chi connectivity index (χ1) is 7.72. The number of carbonyl (C=O) groups is 1. The average Bonchev–Trinajstić information content (AvgIpc) is 2.68. The predicted octanol–water partition coefficient (Wildman–Crippen LogP) is 0.412. The molecule has 1 aromatic rings. The Bertz CT molecular complexity index is 353. The molecule has 1 aromatic heterocycles. The number of nitrogens with zero attached hydrogens (tertiary/aromatic N) is 3. The molecule has 0 aliphatic rings. The monoisotopic (exact) mass is 244 g/mol. The summed E-state index contributed by atoms with van der Waals surface area (Å²) in [6.07, 6.45) is 0. The standard InChI is InChI=1S/C9H16N4O2S/c1-3-13-7(5-10)11-12-9(13)16-6-8(14)15-4-2/h3-6,10H2,1-2H3. The number of nitrogens with two attached hydrogens (primary N) is 1. The maximum atomic E-state index is 11.2. The van der Waals surface area contributed by atoms with E-state index in [0.29, 0.717) is 18.3 Å². The number of thioether (sulfide) groups is 1. The van der Waals surface area contributed by atoms with Gasteiger partial charge in [-0.3, -0.25) is 4.79 Å². The van der Waals surface area contributed by atoms with Gasteiger partial charge in [-0.2, -0.15) is 0 Å². The van der Waals surface area contributed by atoms with E-state index in [2.05, 4.69) is 10.2 Å². The predicted molar refractivity (Wildman–Crippen MR) is 60.9 cm³/mol. The van der Waals surface area contributed by atoms with Crippen molar-refractivity contribution in [3.8, 4) is 0 Å². The van der Waals surface area contributed by atoms with E-state index < -0.39 is 0 Å². The average molecular weight is 244 g/mol. The van der Waals surface area contributed by atoms with Gasteiger partial charge in [0.15, 0.2) is 5.16 Å². The molecule has 90 valence electrons. The number of aromatic nitrogens is 3. The van der Waals surface area contributed by atoms with Crippen molar-refractivity contribution in [3.05, 3.63) is 5.82 Å². The smallest absolute Gasteiger partial charge is 0.316 e. The second-order valence-electron chi connectivity index (χ2n) is 2.94. The molecule has 6 nitrogen and oxygen atoms in total. The molecular formula is C9H16N4O2S. The minimum absolute atomic E-state index is 0.243. The van der Waals surface area contributed by atoms with Crippen molar-refractivity contribution in [1.29, 1.82) is 0 Å². The van der Waals surface area contributed by atoms with Crippen molar-refractivity contribution in [1.82, 2.24) is 14.8 Å². The Morgan fingerprint density at radius 2 is 2.25 bits per heavy atom. The van der Waals surface area contributed by atoms with Gasteiger partial charge in [0.1, 0.15) is 5.82 Å². The summed E-state index contributed by atoms with van der Waals surface area (Å²) >= 11 is 1.32. The van der Waals surface area contributed by atoms with Crippen molar-refractivity contribution >= 4 is 17.7 Å². The molecule has 0 bridgehead atoms. The molecule has 0 aromatic carbocycles. The fraction of sp³-hybridized carbons (Fsp3) is 0.667. The Hall–Kier alpha value is -1.08. The fourth-order valence-electron chi connectivity index (χ4n) is 1.22. The normalized spacial score (nSPS) is 10.4. The molecule has 0 unspecified atom stereocenters. The first-order valence-corrected chi connectivity index (χ1v) is 6.12. The van der Waals surface area contributed by atoms with Crippen molar-refractivity contribution in [2.24, 2.45) is 5.73 Å². The van der Waals surface area contributed by atoms with Gasteiger partial charge in [-0.1, -0.05) is 11.8 Å². The molecule has 16 heavy (non-hydrogen) atoms. The van der Waals surface area contributed by atoms with Crippen molar-refractivity contribution in [2.45, 2.75) is 32.1 Å². The van der Waals surface area contributed by atoms with Gasteiger partial charge in [0.25, 0.3) is 0 Å². The van der Waals surface area contributed by atoms with Crippen LogP contribution < -0.4 is 5.73 Å². The largest absolute Gasteiger partial charge is 0.465 e. The summed E-state index contributed by atoms with van der Waals surface area (Å²) in [6, 6.07) is 0. The van der Waals surface area contributed by atoms with Crippen LogP contribution in [0.25, 0.3) is 0 Å². The van der Waals surface area contributed by atoms with Gasteiger partial charge >= 0.3 is 5.97 Å². The van der Waals surface area contributed by atoms with Gasteiger partial charge in [0.2, 0.25) is 0 Å². The highest BCUT2D eigenvalue weighted by atomic mass is 32.2. The molecule has 0 amide bonds. The fourth-order valence-corrected chi connectivity index (χ4v) is 2.04. The summed E-state index contributed by atoms with van der Waals surface area (Å²) in [7, 11) is 0. The molecule has 0 aliphatic heterocycles. The second kappa shape index (κ2) is 6.49. The molecule has 1 heterocycles. The summed E-state index contributed by atoms with van der Waals surface area (Å²) in [5.74, 6) is 0.734. The van der Waals surface area contributed by atoms with E-state index in [4.69, 9.17) is 10.5 Å². The minimum Gasteiger partial charge on any atom is -0.465 e. The highest BCUT2D eigenvalue weighted by Crippen LogP contribution is 2.16. The van der Waals surface area contributed by atoms with Gasteiger partial charge in [-0.25, -0.2) is 0 Å². The van der Waals surface area contributed by atoms with Gasteiger partial charge in [0, 0.05) is 6.54 Å². The lowest BCUT2D eigenvalue weighted by Crippen LogP contribution is -2.10. The third-order valence-corrected chi connectivity index (χ3v) is 2.86. The van der Waals surface area contributed by atoms with Crippen molar-refractivity contribution < 1.29 is 9.53 Å². The summed E-state index contributed by atoms with van der Waals surface area (Å²) in [4.78, 5) is 11.2. The van der Waals surface area contributed by atoms with Gasteiger partial charge in [-0.15, -0.1) is 10.2 Å². The quantitative estimate of drug-likeness (QED) is 0.576. The summed E-state index contributed by atoms with van der Waals surface area (Å²) in [6.45, 7) is 5.25. The number of esters is 1. The van der Waals surface area contributed by atoms with Crippen LogP contribution in [-0.2, 0) is 22.6 Å². The van der Waals surface area contributed by atoms with Crippen LogP contribution in [0.5, 0.6) is 0 Å².